The van der Waals surface area contributed by atoms with E-state index in [0.29, 0.717) is 11.2 Å². The van der Waals surface area contributed by atoms with Crippen LogP contribution in [0.25, 0.3) is 21.6 Å². The summed E-state index contributed by atoms with van der Waals surface area (Å²) < 4.78 is 6.83. The minimum atomic E-state index is -1.17. The minimum absolute atomic E-state index is 0.154. The second-order valence-corrected chi connectivity index (χ2v) is 8.85. The monoisotopic (exact) mass is 396 g/mol. The molecule has 0 N–H and O–H groups in total. The van der Waals surface area contributed by atoms with E-state index < -0.39 is 11.5 Å². The largest absolute Gasteiger partial charge is 0.464 e. The van der Waals surface area contributed by atoms with Crippen molar-refractivity contribution in [2.24, 2.45) is 0 Å². The summed E-state index contributed by atoms with van der Waals surface area (Å²) in [4.78, 5) is 33.4. The molecule has 28 heavy (non-hydrogen) atoms. The van der Waals surface area contributed by atoms with Crippen LogP contribution < -0.4 is 5.56 Å². The van der Waals surface area contributed by atoms with Gasteiger partial charge in [0, 0.05) is 10.4 Å². The van der Waals surface area contributed by atoms with Gasteiger partial charge in [-0.15, -0.1) is 11.3 Å². The lowest BCUT2D eigenvalue weighted by atomic mass is 10.0. The number of thiophene rings is 1. The third-order valence-electron chi connectivity index (χ3n) is 5.35. The van der Waals surface area contributed by atoms with E-state index in [2.05, 4.69) is 0 Å². The molecule has 3 aromatic rings. The Hall–Kier alpha value is -2.47. The number of aryl methyl sites for hydroxylation is 3. The molecule has 0 fully saturated rings. The van der Waals surface area contributed by atoms with Gasteiger partial charge in [0.1, 0.15) is 16.2 Å². The van der Waals surface area contributed by atoms with Gasteiger partial charge in [0.25, 0.3) is 5.56 Å². The van der Waals surface area contributed by atoms with Crippen LogP contribution in [0.15, 0.2) is 29.1 Å². The summed E-state index contributed by atoms with van der Waals surface area (Å²) in [6.07, 6.45) is 2.96. The number of ether oxygens (including phenoxy) is 1. The third-order valence-corrected chi connectivity index (χ3v) is 6.53. The Morgan fingerprint density at radius 3 is 2.82 bits per heavy atom. The van der Waals surface area contributed by atoms with E-state index in [1.54, 1.807) is 32.1 Å². The van der Waals surface area contributed by atoms with E-state index in [4.69, 9.17) is 9.72 Å². The zero-order valence-electron chi connectivity index (χ0n) is 16.7. The maximum atomic E-state index is 13.7. The van der Waals surface area contributed by atoms with Crippen molar-refractivity contribution in [3.8, 4) is 11.4 Å². The molecule has 0 amide bonds. The van der Waals surface area contributed by atoms with E-state index in [1.165, 1.54) is 9.44 Å². The van der Waals surface area contributed by atoms with E-state index in [1.807, 2.05) is 31.2 Å². The van der Waals surface area contributed by atoms with Crippen molar-refractivity contribution in [2.75, 3.05) is 6.61 Å². The molecule has 2 heterocycles. The first-order valence-electron chi connectivity index (χ1n) is 9.66. The van der Waals surface area contributed by atoms with E-state index in [9.17, 15) is 9.59 Å². The number of fused-ring (bicyclic) bond motifs is 3. The summed E-state index contributed by atoms with van der Waals surface area (Å²) in [6, 6.07) is 7.87. The normalized spacial score (nSPS) is 13.7. The number of nitrogens with zero attached hydrogens (tertiary/aromatic N) is 2. The molecule has 0 saturated heterocycles. The molecule has 0 atom stereocenters. The Balaban J connectivity index is 2.07. The van der Waals surface area contributed by atoms with Crippen molar-refractivity contribution in [1.29, 1.82) is 0 Å². The molecule has 0 unspecified atom stereocenters. The Kier molecular flexibility index (Phi) is 4.62. The minimum Gasteiger partial charge on any atom is -0.464 e. The van der Waals surface area contributed by atoms with Crippen LogP contribution in [0, 0.1) is 6.92 Å². The molecule has 1 aliphatic rings. The number of benzene rings is 1. The fourth-order valence-corrected chi connectivity index (χ4v) is 5.19. The highest BCUT2D eigenvalue weighted by Crippen LogP contribution is 2.37. The fourth-order valence-electron chi connectivity index (χ4n) is 3.94. The van der Waals surface area contributed by atoms with Crippen LogP contribution in [-0.2, 0) is 27.9 Å². The molecule has 0 saturated carbocycles. The number of aromatic nitrogens is 2. The van der Waals surface area contributed by atoms with Crippen molar-refractivity contribution < 1.29 is 9.53 Å². The molecule has 4 rings (SSSR count). The van der Waals surface area contributed by atoms with Crippen molar-refractivity contribution in [3.05, 3.63) is 50.6 Å². The summed E-state index contributed by atoms with van der Waals surface area (Å²) in [5.41, 5.74) is 1.69. The van der Waals surface area contributed by atoms with Gasteiger partial charge in [0.05, 0.1) is 12.0 Å². The highest BCUT2D eigenvalue weighted by molar-refractivity contribution is 7.18. The zero-order chi connectivity index (χ0) is 20.1. The number of hydrogen-bond donors (Lipinski definition) is 0. The van der Waals surface area contributed by atoms with Gasteiger partial charge >= 0.3 is 5.97 Å². The van der Waals surface area contributed by atoms with Gasteiger partial charge in [0.15, 0.2) is 0 Å². The standard InChI is InChI=1S/C22H24N2O3S/c1-5-27-21(26)22(3,4)24-18(14-9-6-8-13(2)12-14)23-19-17(20(24)25)15-10-7-11-16(15)28-19/h6,8-9,12H,5,7,10-11H2,1-4H3. The lowest BCUT2D eigenvalue weighted by molar-refractivity contribution is -0.152. The first kappa shape index (κ1) is 18.9. The smallest absolute Gasteiger partial charge is 0.331 e. The van der Waals surface area contributed by atoms with Crippen molar-refractivity contribution in [1.82, 2.24) is 9.55 Å². The van der Waals surface area contributed by atoms with Gasteiger partial charge in [-0.1, -0.05) is 23.8 Å². The molecular formula is C22H24N2O3S. The molecular weight excluding hydrogens is 372 g/mol. The number of esters is 1. The van der Waals surface area contributed by atoms with Gasteiger partial charge < -0.3 is 4.74 Å². The SMILES string of the molecule is CCOC(=O)C(C)(C)n1c(-c2cccc(C)c2)nc2sc3c(c2c1=O)CCC3. The molecule has 1 aliphatic carbocycles. The molecule has 0 bridgehead atoms. The summed E-state index contributed by atoms with van der Waals surface area (Å²) in [5.74, 6) is 0.0817. The average Bonchev–Trinajstić information content (AvgIpc) is 3.22. The van der Waals surface area contributed by atoms with Gasteiger partial charge in [-0.2, -0.15) is 0 Å². The van der Waals surface area contributed by atoms with Crippen LogP contribution in [0.3, 0.4) is 0 Å². The van der Waals surface area contributed by atoms with Crippen molar-refractivity contribution >= 4 is 27.5 Å². The van der Waals surface area contributed by atoms with Crippen molar-refractivity contribution in [3.63, 3.8) is 0 Å². The Bertz CT molecular complexity index is 1140. The zero-order valence-corrected chi connectivity index (χ0v) is 17.5. The molecule has 146 valence electrons. The molecule has 6 heteroatoms. The molecule has 0 radical (unpaired) electrons. The van der Waals surface area contributed by atoms with Crippen LogP contribution in [0.4, 0.5) is 0 Å². The summed E-state index contributed by atoms with van der Waals surface area (Å²) in [6.45, 7) is 7.49. The van der Waals surface area contributed by atoms with Crippen LogP contribution >= 0.6 is 11.3 Å². The number of rotatable bonds is 4. The van der Waals surface area contributed by atoms with E-state index in [-0.39, 0.29) is 12.2 Å². The van der Waals surface area contributed by atoms with Crippen LogP contribution in [0.2, 0.25) is 0 Å². The van der Waals surface area contributed by atoms with E-state index in [0.717, 1.165) is 40.8 Å². The second kappa shape index (κ2) is 6.85. The summed E-state index contributed by atoms with van der Waals surface area (Å²) in [7, 11) is 0. The molecule has 1 aromatic carbocycles. The van der Waals surface area contributed by atoms with Crippen LogP contribution in [-0.4, -0.2) is 22.1 Å². The molecule has 0 spiro atoms. The Morgan fingerprint density at radius 2 is 2.11 bits per heavy atom. The quantitative estimate of drug-likeness (QED) is 0.620. The number of carbonyl (C=O) groups excluding carboxylic acids is 1. The average molecular weight is 397 g/mol. The molecule has 0 aliphatic heterocycles. The maximum absolute atomic E-state index is 13.7. The Labute approximate surface area is 168 Å². The first-order chi connectivity index (χ1) is 13.3. The van der Waals surface area contributed by atoms with Gasteiger partial charge in [-0.25, -0.2) is 9.78 Å². The van der Waals surface area contributed by atoms with Crippen LogP contribution in [0.5, 0.6) is 0 Å². The fraction of sp³-hybridized carbons (Fsp3) is 0.409. The predicted molar refractivity (Wildman–Crippen MR) is 112 cm³/mol. The van der Waals surface area contributed by atoms with Gasteiger partial charge in [-0.05, 0) is 58.6 Å². The maximum Gasteiger partial charge on any atom is 0.331 e. The van der Waals surface area contributed by atoms with Crippen LogP contribution in [0.1, 0.15) is 43.2 Å². The lowest BCUT2D eigenvalue weighted by Gasteiger charge is -2.27. The van der Waals surface area contributed by atoms with Gasteiger partial charge in [0.2, 0.25) is 0 Å². The van der Waals surface area contributed by atoms with Gasteiger partial charge in [-0.3, -0.25) is 9.36 Å². The predicted octanol–water partition coefficient (Wildman–Crippen LogP) is 4.22. The summed E-state index contributed by atoms with van der Waals surface area (Å²) in [5, 5.41) is 0.672. The third kappa shape index (κ3) is 2.87. The highest BCUT2D eigenvalue weighted by atomic mass is 32.1. The highest BCUT2D eigenvalue weighted by Gasteiger charge is 2.37. The first-order valence-corrected chi connectivity index (χ1v) is 10.5. The summed E-state index contributed by atoms with van der Waals surface area (Å²) >= 11 is 1.61. The van der Waals surface area contributed by atoms with Crippen molar-refractivity contribution in [2.45, 2.75) is 52.5 Å². The molecule has 2 aromatic heterocycles. The lowest BCUT2D eigenvalue weighted by Crippen LogP contribution is -2.45. The Morgan fingerprint density at radius 1 is 1.32 bits per heavy atom. The molecule has 5 nitrogen and oxygen atoms in total. The second-order valence-electron chi connectivity index (χ2n) is 7.76. The number of carbonyl (C=O) groups is 1. The number of hydrogen-bond acceptors (Lipinski definition) is 5. The van der Waals surface area contributed by atoms with E-state index >= 15 is 0 Å². The topological polar surface area (TPSA) is 61.2 Å².